The van der Waals surface area contributed by atoms with Crippen LogP contribution in [0.1, 0.15) is 57.6 Å². The van der Waals surface area contributed by atoms with Gasteiger partial charge in [0.1, 0.15) is 5.75 Å². The van der Waals surface area contributed by atoms with Crippen LogP contribution < -0.4 is 10.1 Å². The van der Waals surface area contributed by atoms with E-state index in [9.17, 15) is 8.78 Å². The van der Waals surface area contributed by atoms with Gasteiger partial charge < -0.3 is 10.1 Å². The second-order valence-corrected chi connectivity index (χ2v) is 6.11. The Kier molecular flexibility index (Phi) is 5.57. The van der Waals surface area contributed by atoms with Gasteiger partial charge in [0.25, 0.3) is 0 Å². The number of hydrogen-bond acceptors (Lipinski definition) is 2. The second-order valence-electron chi connectivity index (χ2n) is 6.11. The zero-order valence-corrected chi connectivity index (χ0v) is 12.9. The lowest BCUT2D eigenvalue weighted by molar-refractivity contribution is -0.0498. The van der Waals surface area contributed by atoms with Crippen LogP contribution >= 0.6 is 0 Å². The van der Waals surface area contributed by atoms with Crippen LogP contribution in [0.5, 0.6) is 5.75 Å². The van der Waals surface area contributed by atoms with Gasteiger partial charge in [-0.1, -0.05) is 31.9 Å². The van der Waals surface area contributed by atoms with Crippen molar-refractivity contribution in [3.05, 3.63) is 29.8 Å². The zero-order chi connectivity index (χ0) is 15.3. The predicted molar refractivity (Wildman–Crippen MR) is 80.7 cm³/mol. The molecule has 1 N–H and O–H groups in total. The molecule has 2 nitrogen and oxygen atoms in total. The Balaban J connectivity index is 1.89. The Morgan fingerprint density at radius 1 is 1.19 bits per heavy atom. The zero-order valence-electron chi connectivity index (χ0n) is 12.9. The van der Waals surface area contributed by atoms with Crippen LogP contribution in [-0.4, -0.2) is 13.2 Å². The molecular formula is C17H25F2NO. The van der Waals surface area contributed by atoms with Gasteiger partial charge in [-0.2, -0.15) is 8.78 Å². The van der Waals surface area contributed by atoms with Crippen molar-refractivity contribution in [1.29, 1.82) is 0 Å². The van der Waals surface area contributed by atoms with Crippen LogP contribution in [0.25, 0.3) is 0 Å². The highest BCUT2D eigenvalue weighted by Gasteiger charge is 2.31. The van der Waals surface area contributed by atoms with E-state index >= 15 is 0 Å². The minimum Gasteiger partial charge on any atom is -0.435 e. The highest BCUT2D eigenvalue weighted by molar-refractivity contribution is 5.29. The van der Waals surface area contributed by atoms with Gasteiger partial charge in [0.2, 0.25) is 0 Å². The van der Waals surface area contributed by atoms with E-state index in [0.717, 1.165) is 12.1 Å². The third-order valence-corrected chi connectivity index (χ3v) is 4.80. The number of halogens is 2. The van der Waals surface area contributed by atoms with Crippen molar-refractivity contribution >= 4 is 0 Å². The quantitative estimate of drug-likeness (QED) is 0.772. The lowest BCUT2D eigenvalue weighted by Gasteiger charge is -2.30. The van der Waals surface area contributed by atoms with E-state index in [4.69, 9.17) is 0 Å². The first-order valence-electron chi connectivity index (χ1n) is 7.83. The molecular weight excluding hydrogens is 272 g/mol. The van der Waals surface area contributed by atoms with Gasteiger partial charge in [-0.3, -0.25) is 0 Å². The summed E-state index contributed by atoms with van der Waals surface area (Å²) in [6.45, 7) is 2.65. The summed E-state index contributed by atoms with van der Waals surface area (Å²) >= 11 is 0. The van der Waals surface area contributed by atoms with Crippen LogP contribution in [0, 0.1) is 5.41 Å². The molecule has 0 aliphatic heterocycles. The number of nitrogens with one attached hydrogen (secondary N) is 1. The Hall–Kier alpha value is -1.16. The first kappa shape index (κ1) is 16.2. The minimum atomic E-state index is -2.77. The van der Waals surface area contributed by atoms with Crippen LogP contribution in [0.3, 0.4) is 0 Å². The van der Waals surface area contributed by atoms with Gasteiger partial charge in [0.05, 0.1) is 0 Å². The topological polar surface area (TPSA) is 21.3 Å². The molecule has 0 aromatic heterocycles. The van der Waals surface area contributed by atoms with Gasteiger partial charge in [0.15, 0.2) is 0 Å². The van der Waals surface area contributed by atoms with E-state index in [-0.39, 0.29) is 11.8 Å². The predicted octanol–water partition coefficient (Wildman–Crippen LogP) is 4.91. The highest BCUT2D eigenvalue weighted by atomic mass is 19.3. The standard InChI is InChI=1S/C17H25F2NO/c1-3-17(10-4-5-11-17)12-20-13(2)14-6-8-15(9-7-14)21-16(18)19/h6-9,13,16,20H,3-5,10-12H2,1-2H3. The molecule has 118 valence electrons. The molecule has 0 bridgehead atoms. The normalized spacial score (nSPS) is 18.9. The number of rotatable bonds is 7. The van der Waals surface area contributed by atoms with Gasteiger partial charge in [0, 0.05) is 12.6 Å². The minimum absolute atomic E-state index is 0.210. The summed E-state index contributed by atoms with van der Waals surface area (Å²) in [6, 6.07) is 7.12. The molecule has 1 aliphatic rings. The van der Waals surface area contributed by atoms with Crippen molar-refractivity contribution in [1.82, 2.24) is 5.32 Å². The highest BCUT2D eigenvalue weighted by Crippen LogP contribution is 2.40. The van der Waals surface area contributed by atoms with Crippen LogP contribution in [-0.2, 0) is 0 Å². The van der Waals surface area contributed by atoms with Crippen molar-refractivity contribution in [2.75, 3.05) is 6.54 Å². The average Bonchev–Trinajstić information content (AvgIpc) is 2.94. The maximum Gasteiger partial charge on any atom is 0.387 e. The van der Waals surface area contributed by atoms with E-state index in [2.05, 4.69) is 23.9 Å². The fourth-order valence-corrected chi connectivity index (χ4v) is 3.21. The van der Waals surface area contributed by atoms with Crippen molar-refractivity contribution in [2.24, 2.45) is 5.41 Å². The Labute approximate surface area is 125 Å². The summed E-state index contributed by atoms with van der Waals surface area (Å²) in [6.07, 6.45) is 6.51. The summed E-state index contributed by atoms with van der Waals surface area (Å²) in [5, 5.41) is 3.60. The van der Waals surface area contributed by atoms with E-state index in [1.165, 1.54) is 32.1 Å². The molecule has 0 heterocycles. The first-order chi connectivity index (χ1) is 10.0. The first-order valence-corrected chi connectivity index (χ1v) is 7.83. The Morgan fingerprint density at radius 3 is 2.33 bits per heavy atom. The summed E-state index contributed by atoms with van der Waals surface area (Å²) < 4.78 is 28.6. The molecule has 0 radical (unpaired) electrons. The smallest absolute Gasteiger partial charge is 0.387 e. The molecule has 21 heavy (non-hydrogen) atoms. The third kappa shape index (κ3) is 4.40. The summed E-state index contributed by atoms with van der Waals surface area (Å²) in [5.74, 6) is 0.210. The van der Waals surface area contributed by atoms with Gasteiger partial charge in [-0.25, -0.2) is 0 Å². The monoisotopic (exact) mass is 297 g/mol. The Bertz CT molecular complexity index is 427. The fraction of sp³-hybridized carbons (Fsp3) is 0.647. The van der Waals surface area contributed by atoms with Crippen molar-refractivity contribution < 1.29 is 13.5 Å². The van der Waals surface area contributed by atoms with E-state index in [1.807, 2.05) is 12.1 Å². The van der Waals surface area contributed by atoms with Crippen molar-refractivity contribution in [2.45, 2.75) is 58.6 Å². The number of benzene rings is 1. The van der Waals surface area contributed by atoms with Gasteiger partial charge >= 0.3 is 6.61 Å². The molecule has 4 heteroatoms. The average molecular weight is 297 g/mol. The molecule has 1 saturated carbocycles. The van der Waals surface area contributed by atoms with Gasteiger partial charge in [-0.15, -0.1) is 0 Å². The van der Waals surface area contributed by atoms with Crippen LogP contribution in [0.15, 0.2) is 24.3 Å². The summed E-state index contributed by atoms with van der Waals surface area (Å²) in [5.41, 5.74) is 1.55. The maximum absolute atomic E-state index is 12.1. The molecule has 1 aliphatic carbocycles. The summed E-state index contributed by atoms with van der Waals surface area (Å²) in [7, 11) is 0. The van der Waals surface area contributed by atoms with Crippen LogP contribution in [0.2, 0.25) is 0 Å². The lowest BCUT2D eigenvalue weighted by Crippen LogP contribution is -2.33. The molecule has 0 spiro atoms. The SMILES string of the molecule is CCC1(CNC(C)c2ccc(OC(F)F)cc2)CCCC1. The number of hydrogen-bond donors (Lipinski definition) is 1. The molecule has 1 aromatic carbocycles. The van der Waals surface area contributed by atoms with E-state index in [1.54, 1.807) is 12.1 Å². The summed E-state index contributed by atoms with van der Waals surface area (Å²) in [4.78, 5) is 0. The van der Waals surface area contributed by atoms with E-state index < -0.39 is 6.61 Å². The Morgan fingerprint density at radius 2 is 1.81 bits per heavy atom. The van der Waals surface area contributed by atoms with Crippen molar-refractivity contribution in [3.8, 4) is 5.75 Å². The molecule has 0 amide bonds. The lowest BCUT2D eigenvalue weighted by atomic mass is 9.83. The second kappa shape index (κ2) is 7.21. The van der Waals surface area contributed by atoms with Gasteiger partial charge in [-0.05, 0) is 49.3 Å². The molecule has 1 aromatic rings. The molecule has 2 rings (SSSR count). The molecule has 1 fully saturated rings. The fourth-order valence-electron chi connectivity index (χ4n) is 3.21. The van der Waals surface area contributed by atoms with E-state index in [0.29, 0.717) is 5.41 Å². The number of ether oxygens (including phenoxy) is 1. The number of alkyl halides is 2. The van der Waals surface area contributed by atoms with Crippen LogP contribution in [0.4, 0.5) is 8.78 Å². The molecule has 1 unspecified atom stereocenters. The maximum atomic E-state index is 12.1. The largest absolute Gasteiger partial charge is 0.435 e. The van der Waals surface area contributed by atoms with Crippen molar-refractivity contribution in [3.63, 3.8) is 0 Å². The molecule has 1 atom stereocenters. The molecule has 0 saturated heterocycles. The third-order valence-electron chi connectivity index (χ3n) is 4.80.